The zero-order chi connectivity index (χ0) is 15.6. The number of rotatable bonds is 5. The highest BCUT2D eigenvalue weighted by Gasteiger charge is 2.27. The lowest BCUT2D eigenvalue weighted by Crippen LogP contribution is -2.45. The van der Waals surface area contributed by atoms with Crippen molar-refractivity contribution >= 4 is 11.0 Å². The van der Waals surface area contributed by atoms with E-state index in [9.17, 15) is 5.11 Å². The van der Waals surface area contributed by atoms with Gasteiger partial charge in [0.15, 0.2) is 0 Å². The van der Waals surface area contributed by atoms with Gasteiger partial charge in [-0.25, -0.2) is 4.98 Å². The largest absolute Gasteiger partial charge is 0.395 e. The molecule has 1 heterocycles. The second-order valence-electron chi connectivity index (χ2n) is 6.84. The van der Waals surface area contributed by atoms with Gasteiger partial charge in [-0.05, 0) is 31.5 Å². The van der Waals surface area contributed by atoms with Gasteiger partial charge in [0.1, 0.15) is 5.82 Å². The first-order valence-corrected chi connectivity index (χ1v) is 7.57. The van der Waals surface area contributed by atoms with E-state index in [1.807, 2.05) is 19.1 Å². The summed E-state index contributed by atoms with van der Waals surface area (Å²) in [5.41, 5.74) is 2.29. The van der Waals surface area contributed by atoms with Crippen LogP contribution < -0.4 is 0 Å². The number of hydrogen-bond acceptors (Lipinski definition) is 3. The quantitative estimate of drug-likeness (QED) is 0.920. The number of imidazole rings is 1. The molecule has 0 aliphatic rings. The number of aromatic nitrogens is 2. The highest BCUT2D eigenvalue weighted by molar-refractivity contribution is 5.75. The van der Waals surface area contributed by atoms with Crippen molar-refractivity contribution in [2.75, 3.05) is 20.2 Å². The van der Waals surface area contributed by atoms with Crippen molar-refractivity contribution in [1.29, 1.82) is 0 Å². The number of aliphatic hydroxyl groups excluding tert-OH is 1. The normalized spacial score (nSPS) is 14.0. The summed E-state index contributed by atoms with van der Waals surface area (Å²) in [4.78, 5) is 6.84. The molecule has 2 aromatic rings. The Bertz CT molecular complexity index is 598. The molecule has 0 radical (unpaired) electrons. The SMILES string of the molecule is Cc1nc2ccccc2n1CCN(C)C(CO)C(C)(C)C. The molecule has 1 aromatic heterocycles. The Balaban J connectivity index is 2.13. The Morgan fingerprint density at radius 3 is 2.57 bits per heavy atom. The van der Waals surface area contributed by atoms with Crippen molar-refractivity contribution < 1.29 is 5.11 Å². The summed E-state index contributed by atoms with van der Waals surface area (Å²) in [5.74, 6) is 1.04. The van der Waals surface area contributed by atoms with Crippen LogP contribution in [0.2, 0.25) is 0 Å². The molecule has 0 aliphatic heterocycles. The summed E-state index contributed by atoms with van der Waals surface area (Å²) >= 11 is 0. The van der Waals surface area contributed by atoms with Crippen LogP contribution in [-0.2, 0) is 6.54 Å². The number of hydrogen-bond donors (Lipinski definition) is 1. The third-order valence-electron chi connectivity index (χ3n) is 4.23. The number of para-hydroxylation sites is 2. The summed E-state index contributed by atoms with van der Waals surface area (Å²) in [6.07, 6.45) is 0. The van der Waals surface area contributed by atoms with Gasteiger partial charge >= 0.3 is 0 Å². The molecule has 1 aromatic carbocycles. The van der Waals surface area contributed by atoms with Gasteiger partial charge in [-0.1, -0.05) is 32.9 Å². The molecule has 0 fully saturated rings. The van der Waals surface area contributed by atoms with Crippen molar-refractivity contribution in [2.45, 2.75) is 40.3 Å². The van der Waals surface area contributed by atoms with E-state index in [1.165, 1.54) is 5.52 Å². The van der Waals surface area contributed by atoms with Crippen LogP contribution >= 0.6 is 0 Å². The highest BCUT2D eigenvalue weighted by Crippen LogP contribution is 2.23. The van der Waals surface area contributed by atoms with Gasteiger partial charge in [0.25, 0.3) is 0 Å². The van der Waals surface area contributed by atoms with Gasteiger partial charge in [0.2, 0.25) is 0 Å². The smallest absolute Gasteiger partial charge is 0.106 e. The summed E-state index contributed by atoms with van der Waals surface area (Å²) in [7, 11) is 2.08. The second kappa shape index (κ2) is 6.16. The lowest BCUT2D eigenvalue weighted by Gasteiger charge is -2.36. The molecule has 0 spiro atoms. The molecule has 0 bridgehead atoms. The van der Waals surface area contributed by atoms with Crippen LogP contribution in [0.3, 0.4) is 0 Å². The first-order chi connectivity index (χ1) is 9.84. The number of fused-ring (bicyclic) bond motifs is 1. The molecular formula is C17H27N3O. The predicted octanol–water partition coefficient (Wildman–Crippen LogP) is 2.68. The molecule has 0 saturated heterocycles. The molecule has 4 heteroatoms. The fourth-order valence-electron chi connectivity index (χ4n) is 2.97. The maximum Gasteiger partial charge on any atom is 0.106 e. The Morgan fingerprint density at radius 1 is 1.29 bits per heavy atom. The van der Waals surface area contributed by atoms with Gasteiger partial charge in [0, 0.05) is 19.1 Å². The lowest BCUT2D eigenvalue weighted by atomic mass is 9.86. The Kier molecular flexibility index (Phi) is 4.69. The van der Waals surface area contributed by atoms with Crippen LogP contribution in [-0.4, -0.2) is 45.8 Å². The zero-order valence-electron chi connectivity index (χ0n) is 13.8. The van der Waals surface area contributed by atoms with Crippen LogP contribution in [0.25, 0.3) is 11.0 Å². The van der Waals surface area contributed by atoms with Crippen molar-refractivity contribution in [3.05, 3.63) is 30.1 Å². The molecule has 1 atom stereocenters. The van der Waals surface area contributed by atoms with E-state index in [2.05, 4.69) is 54.4 Å². The van der Waals surface area contributed by atoms with Crippen LogP contribution in [0.4, 0.5) is 0 Å². The molecule has 116 valence electrons. The molecule has 21 heavy (non-hydrogen) atoms. The van der Waals surface area contributed by atoms with Gasteiger partial charge in [-0.15, -0.1) is 0 Å². The van der Waals surface area contributed by atoms with Crippen molar-refractivity contribution in [3.8, 4) is 0 Å². The molecule has 2 rings (SSSR count). The van der Waals surface area contributed by atoms with Gasteiger partial charge in [-0.3, -0.25) is 4.90 Å². The lowest BCUT2D eigenvalue weighted by molar-refractivity contribution is 0.0641. The summed E-state index contributed by atoms with van der Waals surface area (Å²) in [5, 5.41) is 9.65. The van der Waals surface area contributed by atoms with E-state index in [0.29, 0.717) is 0 Å². The maximum absolute atomic E-state index is 9.65. The van der Waals surface area contributed by atoms with Crippen molar-refractivity contribution in [2.24, 2.45) is 5.41 Å². The molecular weight excluding hydrogens is 262 g/mol. The zero-order valence-corrected chi connectivity index (χ0v) is 13.8. The van der Waals surface area contributed by atoms with E-state index in [-0.39, 0.29) is 18.1 Å². The Hall–Kier alpha value is -1.39. The Morgan fingerprint density at radius 2 is 1.95 bits per heavy atom. The standard InChI is InChI=1S/C17H27N3O/c1-13-18-14-8-6-7-9-15(14)20(13)11-10-19(5)16(12-21)17(2,3)4/h6-9,16,21H,10-12H2,1-5H3. The van der Waals surface area contributed by atoms with E-state index in [1.54, 1.807) is 0 Å². The Labute approximate surface area is 127 Å². The van der Waals surface area contributed by atoms with Crippen molar-refractivity contribution in [3.63, 3.8) is 0 Å². The molecule has 0 saturated carbocycles. The first kappa shape index (κ1) is 16.0. The molecule has 1 N–H and O–H groups in total. The van der Waals surface area contributed by atoms with E-state index in [4.69, 9.17) is 0 Å². The minimum absolute atomic E-state index is 0.0650. The second-order valence-corrected chi connectivity index (χ2v) is 6.84. The topological polar surface area (TPSA) is 41.3 Å². The molecule has 4 nitrogen and oxygen atoms in total. The number of likely N-dealkylation sites (N-methyl/N-ethyl adjacent to an activating group) is 1. The average Bonchev–Trinajstić information content (AvgIpc) is 2.71. The third-order valence-corrected chi connectivity index (χ3v) is 4.23. The number of nitrogens with zero attached hydrogens (tertiary/aromatic N) is 3. The molecule has 0 amide bonds. The minimum atomic E-state index is 0.0650. The molecule has 0 aliphatic carbocycles. The molecule has 1 unspecified atom stereocenters. The van der Waals surface area contributed by atoms with Gasteiger partial charge in [0.05, 0.1) is 17.6 Å². The monoisotopic (exact) mass is 289 g/mol. The van der Waals surface area contributed by atoms with Gasteiger partial charge < -0.3 is 9.67 Å². The summed E-state index contributed by atoms with van der Waals surface area (Å²) in [6.45, 7) is 10.5. The number of benzene rings is 1. The predicted molar refractivity (Wildman–Crippen MR) is 87.4 cm³/mol. The van der Waals surface area contributed by atoms with E-state index < -0.39 is 0 Å². The van der Waals surface area contributed by atoms with E-state index in [0.717, 1.165) is 24.4 Å². The fourth-order valence-corrected chi connectivity index (χ4v) is 2.97. The van der Waals surface area contributed by atoms with Crippen LogP contribution in [0, 0.1) is 12.3 Å². The number of aliphatic hydroxyl groups is 1. The van der Waals surface area contributed by atoms with Gasteiger partial charge in [-0.2, -0.15) is 0 Å². The minimum Gasteiger partial charge on any atom is -0.395 e. The third kappa shape index (κ3) is 3.44. The first-order valence-electron chi connectivity index (χ1n) is 7.57. The maximum atomic E-state index is 9.65. The highest BCUT2D eigenvalue weighted by atomic mass is 16.3. The van der Waals surface area contributed by atoms with E-state index >= 15 is 0 Å². The average molecular weight is 289 g/mol. The fraction of sp³-hybridized carbons (Fsp3) is 0.588. The number of aryl methyl sites for hydroxylation is 1. The summed E-state index contributed by atoms with van der Waals surface area (Å²) < 4.78 is 2.25. The van der Waals surface area contributed by atoms with Crippen LogP contribution in [0.5, 0.6) is 0 Å². The van der Waals surface area contributed by atoms with Crippen LogP contribution in [0.15, 0.2) is 24.3 Å². The van der Waals surface area contributed by atoms with Crippen LogP contribution in [0.1, 0.15) is 26.6 Å². The van der Waals surface area contributed by atoms with Crippen molar-refractivity contribution in [1.82, 2.24) is 14.5 Å². The summed E-state index contributed by atoms with van der Waals surface area (Å²) in [6, 6.07) is 8.39.